The molecule has 1 saturated heterocycles. The number of hydrogen-bond donors (Lipinski definition) is 0. The van der Waals surface area contributed by atoms with E-state index in [1.165, 1.54) is 50.6 Å². The predicted molar refractivity (Wildman–Crippen MR) is 170 cm³/mol. The number of ether oxygens (including phenoxy) is 5. The number of carbonyl (C=O) groups is 1. The number of nitrogens with zero attached hydrogens (tertiary/aromatic N) is 2. The summed E-state index contributed by atoms with van der Waals surface area (Å²) in [5.74, 6) is -0.225. The van der Waals surface area contributed by atoms with Crippen LogP contribution in [0, 0.1) is 11.1 Å². The summed E-state index contributed by atoms with van der Waals surface area (Å²) in [6.07, 6.45) is 4.01. The van der Waals surface area contributed by atoms with Crippen molar-refractivity contribution in [3.8, 4) is 23.0 Å². The number of benzene rings is 2. The highest BCUT2D eigenvalue weighted by atomic mass is 35.5. The number of hydrogen-bond acceptors (Lipinski definition) is 9. The van der Waals surface area contributed by atoms with Gasteiger partial charge in [0.25, 0.3) is 0 Å². The molecule has 0 spiro atoms. The molecule has 2 atom stereocenters. The van der Waals surface area contributed by atoms with Gasteiger partial charge in [0, 0.05) is 24.6 Å². The fourth-order valence-electron chi connectivity index (χ4n) is 5.42. The maximum atomic E-state index is 14.0. The minimum absolute atomic E-state index is 0.00302. The fraction of sp³-hybridized carbons (Fsp3) is 0.438. The van der Waals surface area contributed by atoms with Gasteiger partial charge in [0.05, 0.1) is 25.7 Å². The monoisotopic (exact) mass is 730 g/mol. The van der Waals surface area contributed by atoms with Crippen LogP contribution in [-0.2, 0) is 26.0 Å². The summed E-state index contributed by atoms with van der Waals surface area (Å²) in [7, 11) is -1.41. The Balaban J connectivity index is 1.49. The molecule has 2 heterocycles. The molecule has 2 aliphatic rings. The van der Waals surface area contributed by atoms with Crippen molar-refractivity contribution in [2.24, 2.45) is 5.92 Å². The van der Waals surface area contributed by atoms with Crippen LogP contribution in [0.25, 0.3) is 0 Å². The van der Waals surface area contributed by atoms with E-state index in [9.17, 15) is 27.2 Å². The van der Waals surface area contributed by atoms with Crippen LogP contribution < -0.4 is 23.7 Å². The zero-order valence-corrected chi connectivity index (χ0v) is 28.4. The van der Waals surface area contributed by atoms with Crippen molar-refractivity contribution >= 4 is 39.2 Å². The van der Waals surface area contributed by atoms with Gasteiger partial charge in [0.1, 0.15) is 22.2 Å². The van der Waals surface area contributed by atoms with Gasteiger partial charge in [0.2, 0.25) is 10.0 Å². The highest BCUT2D eigenvalue weighted by Crippen LogP contribution is 2.39. The summed E-state index contributed by atoms with van der Waals surface area (Å²) >= 11 is 12.7. The van der Waals surface area contributed by atoms with Crippen LogP contribution in [0.15, 0.2) is 53.7 Å². The van der Waals surface area contributed by atoms with E-state index in [1.54, 1.807) is 0 Å². The first-order valence-electron chi connectivity index (χ1n) is 15.1. The molecule has 3 aromatic rings. The van der Waals surface area contributed by atoms with E-state index in [4.69, 9.17) is 42.1 Å². The molecule has 16 heteroatoms. The van der Waals surface area contributed by atoms with Gasteiger partial charge >= 0.3 is 12.6 Å². The predicted octanol–water partition coefficient (Wildman–Crippen LogP) is 6.10. The van der Waals surface area contributed by atoms with Crippen LogP contribution >= 0.6 is 23.2 Å². The standard InChI is InChI=1S/C32H34Cl2F2N2O9S/c1-43-26-11-9-21(14-29(26)44-2)48(41,42)38-12-4-3-5-25(38)31(39)46-28(15-22-23(33)16-37(40)17-24(22)34)20-8-10-27(47-32(35)36)30(13-20)45-18-19-6-7-19/h8-11,13-14,16-17,19,25,28,32H,3-7,12,15,18H2,1-2H3. The fourth-order valence-corrected chi connectivity index (χ4v) is 7.68. The quantitative estimate of drug-likeness (QED) is 0.110. The lowest BCUT2D eigenvalue weighted by Gasteiger charge is -2.34. The Bertz CT molecular complexity index is 1720. The number of sulfonamides is 1. The third kappa shape index (κ3) is 8.33. The summed E-state index contributed by atoms with van der Waals surface area (Å²) in [6.45, 7) is -2.78. The Morgan fingerprint density at radius 2 is 1.67 bits per heavy atom. The smallest absolute Gasteiger partial charge is 0.387 e. The number of methoxy groups -OCH3 is 2. The lowest BCUT2D eigenvalue weighted by molar-refractivity contribution is -0.605. The normalized spacial score (nSPS) is 17.5. The molecule has 1 saturated carbocycles. The van der Waals surface area contributed by atoms with E-state index in [1.807, 2.05) is 0 Å². The number of piperidine rings is 1. The number of alkyl halides is 2. The molecule has 0 N–H and O–H groups in total. The number of esters is 1. The Kier molecular flexibility index (Phi) is 11.4. The minimum atomic E-state index is -4.22. The molecular formula is C32H34Cl2F2N2O9S. The van der Waals surface area contributed by atoms with E-state index in [-0.39, 0.29) is 69.7 Å². The van der Waals surface area contributed by atoms with Gasteiger partial charge in [0.15, 0.2) is 35.4 Å². The third-order valence-electron chi connectivity index (χ3n) is 8.12. The summed E-state index contributed by atoms with van der Waals surface area (Å²) < 4.78 is 82.8. The molecule has 2 aromatic carbocycles. The average molecular weight is 732 g/mol. The lowest BCUT2D eigenvalue weighted by atomic mass is 10.0. The molecule has 5 rings (SSSR count). The van der Waals surface area contributed by atoms with Gasteiger partial charge < -0.3 is 28.9 Å². The Morgan fingerprint density at radius 1 is 0.979 bits per heavy atom. The van der Waals surface area contributed by atoms with Crippen molar-refractivity contribution in [2.45, 2.75) is 62.2 Å². The number of rotatable bonds is 14. The summed E-state index contributed by atoms with van der Waals surface area (Å²) in [6, 6.07) is 7.08. The van der Waals surface area contributed by atoms with Gasteiger partial charge in [-0.15, -0.1) is 0 Å². The summed E-state index contributed by atoms with van der Waals surface area (Å²) in [5, 5.41) is 11.9. The Hall–Kier alpha value is -3.59. The molecule has 1 aromatic heterocycles. The first-order valence-corrected chi connectivity index (χ1v) is 17.3. The molecule has 1 aliphatic carbocycles. The highest BCUT2D eigenvalue weighted by Gasteiger charge is 2.40. The molecule has 2 fully saturated rings. The van der Waals surface area contributed by atoms with E-state index < -0.39 is 34.7 Å². The molecule has 11 nitrogen and oxygen atoms in total. The minimum Gasteiger partial charge on any atom is -0.619 e. The zero-order valence-electron chi connectivity index (χ0n) is 26.1. The average Bonchev–Trinajstić information content (AvgIpc) is 3.89. The number of carbonyl (C=O) groups excluding carboxylic acids is 1. The van der Waals surface area contributed by atoms with Gasteiger partial charge in [-0.2, -0.15) is 17.8 Å². The number of pyridine rings is 1. The van der Waals surface area contributed by atoms with E-state index in [2.05, 4.69) is 4.74 Å². The molecule has 0 amide bonds. The number of halogens is 4. The van der Waals surface area contributed by atoms with Crippen LogP contribution in [0.5, 0.6) is 23.0 Å². The van der Waals surface area contributed by atoms with Crippen molar-refractivity contribution in [2.75, 3.05) is 27.4 Å². The third-order valence-corrected chi connectivity index (χ3v) is 10.7. The molecule has 48 heavy (non-hydrogen) atoms. The molecular weight excluding hydrogens is 697 g/mol. The Labute approximate surface area is 286 Å². The molecule has 0 bridgehead atoms. The first kappa shape index (κ1) is 35.7. The van der Waals surface area contributed by atoms with E-state index >= 15 is 0 Å². The second kappa shape index (κ2) is 15.3. The highest BCUT2D eigenvalue weighted by molar-refractivity contribution is 7.89. The van der Waals surface area contributed by atoms with Gasteiger partial charge in [-0.25, -0.2) is 8.42 Å². The first-order chi connectivity index (χ1) is 22.9. The van der Waals surface area contributed by atoms with Crippen molar-refractivity contribution in [3.05, 3.63) is 75.2 Å². The topological polar surface area (TPSA) is 128 Å². The van der Waals surface area contributed by atoms with Crippen LogP contribution in [0.4, 0.5) is 8.78 Å². The Morgan fingerprint density at radius 3 is 2.31 bits per heavy atom. The van der Waals surface area contributed by atoms with Crippen LogP contribution in [0.2, 0.25) is 10.0 Å². The van der Waals surface area contributed by atoms with Gasteiger partial charge in [-0.1, -0.05) is 29.3 Å². The maximum absolute atomic E-state index is 14.0. The van der Waals surface area contributed by atoms with E-state index in [0.717, 1.165) is 29.5 Å². The summed E-state index contributed by atoms with van der Waals surface area (Å²) in [5.41, 5.74) is 0.585. The van der Waals surface area contributed by atoms with Crippen molar-refractivity contribution in [3.63, 3.8) is 0 Å². The van der Waals surface area contributed by atoms with Crippen molar-refractivity contribution < 1.29 is 50.4 Å². The SMILES string of the molecule is COc1ccc(S(=O)(=O)N2CCCCC2C(=O)OC(Cc2c(Cl)c[n+]([O-])cc2Cl)c2ccc(OC(F)F)c(OCC3CC3)c2)cc1OC. The van der Waals surface area contributed by atoms with Crippen molar-refractivity contribution in [1.29, 1.82) is 0 Å². The zero-order chi connectivity index (χ0) is 34.6. The number of aromatic nitrogens is 1. The van der Waals surface area contributed by atoms with Crippen molar-refractivity contribution in [1.82, 2.24) is 4.31 Å². The second-order valence-electron chi connectivity index (χ2n) is 11.4. The van der Waals surface area contributed by atoms with E-state index in [0.29, 0.717) is 28.9 Å². The van der Waals surface area contributed by atoms with Gasteiger partial charge in [-0.05, 0) is 67.9 Å². The molecule has 2 unspecified atom stereocenters. The maximum Gasteiger partial charge on any atom is 0.387 e. The van der Waals surface area contributed by atoms with Crippen LogP contribution in [-0.4, -0.2) is 58.7 Å². The van der Waals surface area contributed by atoms with Gasteiger partial charge in [-0.3, -0.25) is 4.79 Å². The molecule has 1 aliphatic heterocycles. The second-order valence-corrected chi connectivity index (χ2v) is 14.1. The summed E-state index contributed by atoms with van der Waals surface area (Å²) in [4.78, 5) is 13.9. The largest absolute Gasteiger partial charge is 0.619 e. The van der Waals surface area contributed by atoms with Crippen LogP contribution in [0.1, 0.15) is 49.3 Å². The lowest BCUT2D eigenvalue weighted by Crippen LogP contribution is -2.48. The van der Waals surface area contributed by atoms with Crippen LogP contribution in [0.3, 0.4) is 0 Å². The molecule has 260 valence electrons. The molecule has 0 radical (unpaired) electrons.